The van der Waals surface area contributed by atoms with Gasteiger partial charge in [0.25, 0.3) is 0 Å². The maximum Gasteiger partial charge on any atom is 0.191 e. The number of aromatic nitrogens is 2. The van der Waals surface area contributed by atoms with Gasteiger partial charge >= 0.3 is 0 Å². The summed E-state index contributed by atoms with van der Waals surface area (Å²) in [4.78, 5) is 4.27. The average Bonchev–Trinajstić information content (AvgIpc) is 2.96. The lowest BCUT2D eigenvalue weighted by Gasteiger charge is -2.17. The van der Waals surface area contributed by atoms with Crippen LogP contribution in [0.5, 0.6) is 0 Å². The fourth-order valence-corrected chi connectivity index (χ4v) is 2.28. The molecule has 6 heteroatoms. The van der Waals surface area contributed by atoms with Crippen molar-refractivity contribution in [2.24, 2.45) is 12.0 Å². The monoisotopic (exact) mass is 427 g/mol. The average molecular weight is 427 g/mol. The predicted octanol–water partition coefficient (Wildman–Crippen LogP) is 2.72. The van der Waals surface area contributed by atoms with Gasteiger partial charge in [0.2, 0.25) is 0 Å². The number of rotatable bonds is 6. The zero-order valence-electron chi connectivity index (χ0n) is 14.0. The van der Waals surface area contributed by atoms with Crippen LogP contribution in [0, 0.1) is 0 Å². The lowest BCUT2D eigenvalue weighted by Crippen LogP contribution is -2.42. The van der Waals surface area contributed by atoms with Gasteiger partial charge in [-0.25, -0.2) is 0 Å². The third-order valence-electron chi connectivity index (χ3n) is 3.53. The molecule has 1 atom stereocenters. The zero-order chi connectivity index (χ0) is 15.8. The maximum atomic E-state index is 4.27. The summed E-state index contributed by atoms with van der Waals surface area (Å²) in [5.74, 6) is 0.824. The van der Waals surface area contributed by atoms with Crippen LogP contribution in [-0.4, -0.2) is 28.8 Å². The summed E-state index contributed by atoms with van der Waals surface area (Å²) < 4.78 is 1.80. The SMILES string of the molecule is CN=C(NCc1cnn(C)c1)NC(C)CCc1ccccc1.I. The molecule has 0 amide bonds. The molecule has 2 aromatic rings. The minimum atomic E-state index is 0. The Hall–Kier alpha value is -1.57. The van der Waals surface area contributed by atoms with Crippen LogP contribution in [0.4, 0.5) is 0 Å². The van der Waals surface area contributed by atoms with Gasteiger partial charge in [-0.3, -0.25) is 9.67 Å². The normalized spacial score (nSPS) is 12.4. The number of halogens is 1. The Labute approximate surface area is 155 Å². The van der Waals surface area contributed by atoms with Crippen LogP contribution in [-0.2, 0) is 20.0 Å². The van der Waals surface area contributed by atoms with E-state index in [2.05, 4.69) is 58.0 Å². The first-order chi connectivity index (χ1) is 10.7. The highest BCUT2D eigenvalue weighted by molar-refractivity contribution is 14.0. The van der Waals surface area contributed by atoms with Crippen molar-refractivity contribution in [3.05, 3.63) is 53.9 Å². The van der Waals surface area contributed by atoms with E-state index in [1.165, 1.54) is 5.56 Å². The minimum Gasteiger partial charge on any atom is -0.354 e. The lowest BCUT2D eigenvalue weighted by molar-refractivity contribution is 0.593. The molecule has 1 unspecified atom stereocenters. The number of benzene rings is 1. The number of aryl methyl sites for hydroxylation is 2. The Morgan fingerprint density at radius 2 is 2.00 bits per heavy atom. The van der Waals surface area contributed by atoms with Gasteiger partial charge in [0.15, 0.2) is 5.96 Å². The summed E-state index contributed by atoms with van der Waals surface area (Å²) in [5.41, 5.74) is 2.51. The third-order valence-corrected chi connectivity index (χ3v) is 3.53. The number of hydrogen-bond donors (Lipinski definition) is 2. The van der Waals surface area contributed by atoms with Crippen LogP contribution < -0.4 is 10.6 Å². The quantitative estimate of drug-likeness (QED) is 0.424. The van der Waals surface area contributed by atoms with E-state index >= 15 is 0 Å². The number of nitrogens with one attached hydrogen (secondary N) is 2. The molecule has 1 aromatic carbocycles. The summed E-state index contributed by atoms with van der Waals surface area (Å²) in [6.07, 6.45) is 5.99. The second kappa shape index (κ2) is 10.3. The zero-order valence-corrected chi connectivity index (χ0v) is 16.3. The molecule has 0 spiro atoms. The highest BCUT2D eigenvalue weighted by Gasteiger charge is 2.06. The van der Waals surface area contributed by atoms with E-state index in [9.17, 15) is 0 Å². The second-order valence-corrected chi connectivity index (χ2v) is 5.52. The van der Waals surface area contributed by atoms with Crippen molar-refractivity contribution >= 4 is 29.9 Å². The van der Waals surface area contributed by atoms with Gasteiger partial charge in [0.1, 0.15) is 0 Å². The van der Waals surface area contributed by atoms with Crippen molar-refractivity contribution in [2.45, 2.75) is 32.4 Å². The molecule has 0 saturated carbocycles. The highest BCUT2D eigenvalue weighted by atomic mass is 127. The highest BCUT2D eigenvalue weighted by Crippen LogP contribution is 2.04. The third kappa shape index (κ3) is 7.02. The summed E-state index contributed by atoms with van der Waals surface area (Å²) in [6, 6.07) is 10.9. The summed E-state index contributed by atoms with van der Waals surface area (Å²) in [5, 5.41) is 10.9. The van der Waals surface area contributed by atoms with Crippen molar-refractivity contribution in [3.63, 3.8) is 0 Å². The van der Waals surface area contributed by atoms with Crippen molar-refractivity contribution in [1.82, 2.24) is 20.4 Å². The van der Waals surface area contributed by atoms with Crippen molar-refractivity contribution in [3.8, 4) is 0 Å². The van der Waals surface area contributed by atoms with Crippen molar-refractivity contribution in [2.75, 3.05) is 7.05 Å². The van der Waals surface area contributed by atoms with Crippen LogP contribution >= 0.6 is 24.0 Å². The first-order valence-corrected chi connectivity index (χ1v) is 7.66. The standard InChI is InChI=1S/C17H25N5.HI/c1-14(9-10-15-7-5-4-6-8-15)21-17(18-2)19-11-16-12-20-22(3)13-16;/h4-8,12-14H,9-11H2,1-3H3,(H2,18,19,21);1H. The fraction of sp³-hybridized carbons (Fsp3) is 0.412. The van der Waals surface area contributed by atoms with Crippen LogP contribution in [0.25, 0.3) is 0 Å². The number of guanidine groups is 1. The molecule has 0 radical (unpaired) electrons. The van der Waals surface area contributed by atoms with Gasteiger partial charge in [0.05, 0.1) is 6.20 Å². The second-order valence-electron chi connectivity index (χ2n) is 5.52. The van der Waals surface area contributed by atoms with Crippen molar-refractivity contribution in [1.29, 1.82) is 0 Å². The summed E-state index contributed by atoms with van der Waals surface area (Å²) in [6.45, 7) is 2.90. The first kappa shape index (κ1) is 19.5. The van der Waals surface area contributed by atoms with Gasteiger partial charge in [-0.1, -0.05) is 30.3 Å². The van der Waals surface area contributed by atoms with E-state index in [0.29, 0.717) is 6.04 Å². The molecule has 2 rings (SSSR count). The molecule has 0 aliphatic carbocycles. The Balaban J connectivity index is 0.00000264. The molecule has 1 heterocycles. The Kier molecular flexibility index (Phi) is 8.68. The van der Waals surface area contributed by atoms with Gasteiger partial charge in [-0.15, -0.1) is 24.0 Å². The van der Waals surface area contributed by atoms with E-state index in [1.54, 1.807) is 11.7 Å². The van der Waals surface area contributed by atoms with Gasteiger partial charge in [-0.05, 0) is 25.3 Å². The molecule has 23 heavy (non-hydrogen) atoms. The number of aliphatic imine (C=N–C) groups is 1. The number of hydrogen-bond acceptors (Lipinski definition) is 2. The molecule has 0 aliphatic rings. The minimum absolute atomic E-state index is 0. The first-order valence-electron chi connectivity index (χ1n) is 7.66. The summed E-state index contributed by atoms with van der Waals surface area (Å²) in [7, 11) is 3.71. The van der Waals surface area contributed by atoms with Crippen LogP contribution in [0.15, 0.2) is 47.7 Å². The Morgan fingerprint density at radius 3 is 2.61 bits per heavy atom. The fourth-order valence-electron chi connectivity index (χ4n) is 2.28. The topological polar surface area (TPSA) is 54.2 Å². The number of nitrogens with zero attached hydrogens (tertiary/aromatic N) is 3. The smallest absolute Gasteiger partial charge is 0.191 e. The molecular weight excluding hydrogens is 401 g/mol. The predicted molar refractivity (Wildman–Crippen MR) is 106 cm³/mol. The lowest BCUT2D eigenvalue weighted by atomic mass is 10.1. The molecule has 126 valence electrons. The van der Waals surface area contributed by atoms with Crippen LogP contribution in [0.3, 0.4) is 0 Å². The Morgan fingerprint density at radius 1 is 1.26 bits per heavy atom. The molecular formula is C17H26IN5. The van der Waals surface area contributed by atoms with Crippen LogP contribution in [0.2, 0.25) is 0 Å². The van der Waals surface area contributed by atoms with E-state index in [1.807, 2.05) is 19.4 Å². The molecule has 1 aromatic heterocycles. The van der Waals surface area contributed by atoms with Crippen molar-refractivity contribution < 1.29 is 0 Å². The van der Waals surface area contributed by atoms with Crippen LogP contribution in [0.1, 0.15) is 24.5 Å². The van der Waals surface area contributed by atoms with E-state index in [-0.39, 0.29) is 24.0 Å². The van der Waals surface area contributed by atoms with Gasteiger partial charge in [-0.2, -0.15) is 5.10 Å². The van der Waals surface area contributed by atoms with Gasteiger partial charge in [0, 0.05) is 38.4 Å². The van der Waals surface area contributed by atoms with E-state index in [4.69, 9.17) is 0 Å². The maximum absolute atomic E-state index is 4.27. The molecule has 0 saturated heterocycles. The van der Waals surface area contributed by atoms with E-state index < -0.39 is 0 Å². The molecule has 0 fully saturated rings. The summed E-state index contributed by atoms with van der Waals surface area (Å²) >= 11 is 0. The van der Waals surface area contributed by atoms with E-state index in [0.717, 1.165) is 30.9 Å². The van der Waals surface area contributed by atoms with Gasteiger partial charge < -0.3 is 10.6 Å². The largest absolute Gasteiger partial charge is 0.354 e. The molecule has 0 aliphatic heterocycles. The molecule has 0 bridgehead atoms. The molecule has 2 N–H and O–H groups in total. The Bertz CT molecular complexity index is 594. The molecule has 5 nitrogen and oxygen atoms in total.